The highest BCUT2D eigenvalue weighted by molar-refractivity contribution is 5.11. The first-order valence-corrected chi connectivity index (χ1v) is 8.31. The second-order valence-electron chi connectivity index (χ2n) is 8.31. The molecule has 124 valence electrons. The van der Waals surface area contributed by atoms with E-state index in [-0.39, 0.29) is 11.3 Å². The minimum absolute atomic E-state index is 0.0447. The van der Waals surface area contributed by atoms with Crippen LogP contribution in [0.5, 0.6) is 0 Å². The van der Waals surface area contributed by atoms with Gasteiger partial charge in [-0.05, 0) is 26.7 Å². The maximum atomic E-state index is 13.0. The third-order valence-corrected chi connectivity index (χ3v) is 6.07. The highest BCUT2D eigenvalue weighted by Crippen LogP contribution is 2.53. The molecule has 4 nitrogen and oxygen atoms in total. The number of piperidine rings is 1. The van der Waals surface area contributed by atoms with Crippen LogP contribution in [0.4, 0.5) is 0 Å². The first-order valence-electron chi connectivity index (χ1n) is 8.31. The lowest BCUT2D eigenvalue weighted by Crippen LogP contribution is -2.72. The van der Waals surface area contributed by atoms with Gasteiger partial charge in [-0.25, -0.2) is 0 Å². The summed E-state index contributed by atoms with van der Waals surface area (Å²) >= 11 is 0. The van der Waals surface area contributed by atoms with Gasteiger partial charge in [0.1, 0.15) is 0 Å². The first-order chi connectivity index (χ1) is 9.55. The van der Waals surface area contributed by atoms with E-state index in [0.717, 1.165) is 12.8 Å². The standard InChI is InChI=1S/C17H32NO3/c1-8-15(6)10-17(20-11-14(4,5)12-21-17)13(3)16(7,9-2)18(15)19/h13H,8-12H2,1-7H3/q-1. The molecule has 2 rings (SSSR count). The number of ether oxygens (including phenoxy) is 2. The highest BCUT2D eigenvalue weighted by Gasteiger charge is 2.59. The van der Waals surface area contributed by atoms with Crippen molar-refractivity contribution in [3.8, 4) is 0 Å². The molecule has 2 heterocycles. The van der Waals surface area contributed by atoms with Gasteiger partial charge in [-0.1, -0.05) is 34.6 Å². The van der Waals surface area contributed by atoms with Crippen molar-refractivity contribution in [3.05, 3.63) is 5.21 Å². The Morgan fingerprint density at radius 1 is 1.05 bits per heavy atom. The summed E-state index contributed by atoms with van der Waals surface area (Å²) in [6.07, 6.45) is 2.24. The smallest absolute Gasteiger partial charge is 0.174 e. The fourth-order valence-corrected chi connectivity index (χ4v) is 3.81. The lowest BCUT2D eigenvalue weighted by Gasteiger charge is -2.68. The molecular formula is C17H32NO3-. The van der Waals surface area contributed by atoms with Crippen molar-refractivity contribution in [2.75, 3.05) is 13.2 Å². The first kappa shape index (κ1) is 17.2. The second kappa shape index (κ2) is 5.19. The van der Waals surface area contributed by atoms with E-state index in [1.807, 2.05) is 6.92 Å². The van der Waals surface area contributed by atoms with Gasteiger partial charge in [0.2, 0.25) is 0 Å². The van der Waals surface area contributed by atoms with Crippen LogP contribution in [0.3, 0.4) is 0 Å². The van der Waals surface area contributed by atoms with Gasteiger partial charge in [0.05, 0.1) is 13.2 Å². The quantitative estimate of drug-likeness (QED) is 0.774. The summed E-state index contributed by atoms with van der Waals surface area (Å²) in [4.78, 5) is 0. The van der Waals surface area contributed by atoms with E-state index in [9.17, 15) is 5.21 Å². The second-order valence-corrected chi connectivity index (χ2v) is 8.31. The van der Waals surface area contributed by atoms with E-state index in [4.69, 9.17) is 9.47 Å². The van der Waals surface area contributed by atoms with Crippen molar-refractivity contribution in [2.45, 2.75) is 84.6 Å². The zero-order valence-corrected chi connectivity index (χ0v) is 14.8. The molecule has 2 aliphatic rings. The highest BCUT2D eigenvalue weighted by atomic mass is 16.7. The van der Waals surface area contributed by atoms with Crippen molar-refractivity contribution < 1.29 is 9.47 Å². The Morgan fingerprint density at radius 2 is 1.57 bits per heavy atom. The average Bonchev–Trinajstić information content (AvgIpc) is 2.46. The van der Waals surface area contributed by atoms with Gasteiger partial charge in [-0.2, -0.15) is 0 Å². The Balaban J connectivity index is 2.39. The van der Waals surface area contributed by atoms with Crippen molar-refractivity contribution in [3.63, 3.8) is 0 Å². The van der Waals surface area contributed by atoms with Gasteiger partial charge in [-0.3, -0.25) is 0 Å². The molecule has 4 heteroatoms. The predicted molar refractivity (Wildman–Crippen MR) is 84.8 cm³/mol. The summed E-state index contributed by atoms with van der Waals surface area (Å²) in [5.74, 6) is -0.574. The maximum absolute atomic E-state index is 13.0. The van der Waals surface area contributed by atoms with Gasteiger partial charge >= 0.3 is 0 Å². The number of nitrogens with zero attached hydrogens (tertiary/aromatic N) is 1. The molecule has 0 N–H and O–H groups in total. The largest absolute Gasteiger partial charge is 0.784 e. The topological polar surface area (TPSA) is 44.8 Å². The molecule has 2 saturated heterocycles. The molecule has 0 aliphatic carbocycles. The predicted octanol–water partition coefficient (Wildman–Crippen LogP) is 3.93. The zero-order valence-electron chi connectivity index (χ0n) is 14.8. The normalized spacial score (nSPS) is 43.1. The van der Waals surface area contributed by atoms with Crippen LogP contribution < -0.4 is 0 Å². The summed E-state index contributed by atoms with van der Waals surface area (Å²) in [5.41, 5.74) is -0.839. The minimum Gasteiger partial charge on any atom is -0.784 e. The fourth-order valence-electron chi connectivity index (χ4n) is 3.81. The SMILES string of the molecule is CCC1(C)CC2(OCC(C)(C)CO2)C(C)C(C)(CC)N1[O-]. The molecule has 3 atom stereocenters. The van der Waals surface area contributed by atoms with Gasteiger partial charge in [-0.15, -0.1) is 0 Å². The Morgan fingerprint density at radius 3 is 2.00 bits per heavy atom. The third kappa shape index (κ3) is 2.54. The summed E-state index contributed by atoms with van der Waals surface area (Å²) in [6, 6.07) is 0. The van der Waals surface area contributed by atoms with Crippen LogP contribution in [0.15, 0.2) is 0 Å². The van der Waals surface area contributed by atoms with Crippen LogP contribution in [0.2, 0.25) is 0 Å². The van der Waals surface area contributed by atoms with Gasteiger partial charge in [0, 0.05) is 28.8 Å². The molecule has 0 aromatic rings. The van der Waals surface area contributed by atoms with E-state index in [1.165, 1.54) is 5.06 Å². The Hall–Kier alpha value is -0.160. The van der Waals surface area contributed by atoms with E-state index in [2.05, 4.69) is 41.5 Å². The minimum atomic E-state index is -0.619. The Bertz CT molecular complexity index is 387. The van der Waals surface area contributed by atoms with E-state index in [0.29, 0.717) is 19.6 Å². The molecular weight excluding hydrogens is 266 g/mol. The van der Waals surface area contributed by atoms with Crippen molar-refractivity contribution in [1.82, 2.24) is 5.06 Å². The average molecular weight is 298 g/mol. The summed E-state index contributed by atoms with van der Waals surface area (Å²) in [5, 5.41) is 14.3. The van der Waals surface area contributed by atoms with Gasteiger partial charge in [0.25, 0.3) is 0 Å². The number of rotatable bonds is 2. The Labute approximate surface area is 129 Å². The van der Waals surface area contributed by atoms with Crippen LogP contribution in [0.1, 0.15) is 67.7 Å². The number of hydrogen-bond acceptors (Lipinski definition) is 4. The van der Waals surface area contributed by atoms with Crippen LogP contribution in [0.25, 0.3) is 0 Å². The molecule has 0 aromatic carbocycles. The molecule has 2 aliphatic heterocycles. The van der Waals surface area contributed by atoms with E-state index >= 15 is 0 Å². The molecule has 0 radical (unpaired) electrons. The van der Waals surface area contributed by atoms with Crippen LogP contribution in [-0.2, 0) is 9.47 Å². The molecule has 3 unspecified atom stereocenters. The van der Waals surface area contributed by atoms with Gasteiger partial charge < -0.3 is 19.7 Å². The van der Waals surface area contributed by atoms with Crippen molar-refractivity contribution >= 4 is 0 Å². The maximum Gasteiger partial charge on any atom is 0.174 e. The number of hydrogen-bond donors (Lipinski definition) is 0. The molecule has 0 amide bonds. The zero-order chi connectivity index (χ0) is 16.1. The molecule has 2 fully saturated rings. The van der Waals surface area contributed by atoms with Crippen molar-refractivity contribution in [2.24, 2.45) is 11.3 Å². The molecule has 0 saturated carbocycles. The van der Waals surface area contributed by atoms with E-state index in [1.54, 1.807) is 0 Å². The third-order valence-electron chi connectivity index (χ3n) is 6.07. The van der Waals surface area contributed by atoms with Crippen LogP contribution >= 0.6 is 0 Å². The lowest BCUT2D eigenvalue weighted by atomic mass is 9.67. The lowest BCUT2D eigenvalue weighted by molar-refractivity contribution is -0.362. The van der Waals surface area contributed by atoms with Crippen LogP contribution in [-0.4, -0.2) is 35.1 Å². The summed E-state index contributed by atoms with van der Waals surface area (Å²) < 4.78 is 12.6. The monoisotopic (exact) mass is 298 g/mol. The Kier molecular flexibility index (Phi) is 4.25. The molecule has 0 bridgehead atoms. The summed E-state index contributed by atoms with van der Waals surface area (Å²) in [7, 11) is 0. The molecule has 1 spiro atoms. The summed E-state index contributed by atoms with van der Waals surface area (Å²) in [6.45, 7) is 16.1. The van der Waals surface area contributed by atoms with E-state index < -0.39 is 16.9 Å². The fraction of sp³-hybridized carbons (Fsp3) is 1.00. The van der Waals surface area contributed by atoms with Crippen LogP contribution in [0, 0.1) is 16.5 Å². The molecule has 21 heavy (non-hydrogen) atoms. The number of hydroxylamine groups is 2. The van der Waals surface area contributed by atoms with Gasteiger partial charge in [0.15, 0.2) is 5.79 Å². The van der Waals surface area contributed by atoms with Crippen molar-refractivity contribution in [1.29, 1.82) is 0 Å². The molecule has 0 aromatic heterocycles.